The van der Waals surface area contributed by atoms with Crippen LogP contribution < -0.4 is 0 Å². The first-order valence-corrected chi connectivity index (χ1v) is 6.51. The molecule has 0 spiro atoms. The Hall–Kier alpha value is -1.31. The van der Waals surface area contributed by atoms with E-state index in [-0.39, 0.29) is 5.41 Å². The molecule has 0 amide bonds. The maximum absolute atomic E-state index is 4.00. The third-order valence-corrected chi connectivity index (χ3v) is 2.31. The van der Waals surface area contributed by atoms with Crippen LogP contribution in [0.15, 0.2) is 24.4 Å². The van der Waals surface area contributed by atoms with E-state index in [0.717, 1.165) is 5.52 Å². The highest BCUT2D eigenvalue weighted by atomic mass is 15.1. The molecule has 0 unspecified atom stereocenters. The molecule has 2 rings (SSSR count). The molecule has 0 bridgehead atoms. The molecule has 0 aliphatic rings. The monoisotopic (exact) mass is 234 g/mol. The second-order valence-corrected chi connectivity index (χ2v) is 4.42. The summed E-state index contributed by atoms with van der Waals surface area (Å²) in [5.41, 5.74) is 2.67. The summed E-state index contributed by atoms with van der Waals surface area (Å²) in [6.45, 7) is 14.6. The topological polar surface area (TPSA) is 28.7 Å². The number of rotatable bonds is 0. The minimum atomic E-state index is 0.214. The van der Waals surface area contributed by atoms with Crippen LogP contribution in [0.1, 0.15) is 54.0 Å². The summed E-state index contributed by atoms with van der Waals surface area (Å²) >= 11 is 0. The van der Waals surface area contributed by atoms with Crippen molar-refractivity contribution in [3.05, 3.63) is 30.0 Å². The summed E-state index contributed by atoms with van der Waals surface area (Å²) in [6, 6.07) is 6.43. The molecule has 0 aliphatic heterocycles. The average molecular weight is 234 g/mol. The zero-order chi connectivity index (χ0) is 13.5. The molecule has 1 aromatic heterocycles. The van der Waals surface area contributed by atoms with E-state index in [1.165, 1.54) is 10.9 Å². The maximum atomic E-state index is 4.00. The van der Waals surface area contributed by atoms with Crippen LogP contribution >= 0.6 is 0 Å². The van der Waals surface area contributed by atoms with Crippen molar-refractivity contribution in [2.24, 2.45) is 0 Å². The van der Waals surface area contributed by atoms with Crippen LogP contribution in [-0.2, 0) is 5.41 Å². The van der Waals surface area contributed by atoms with Gasteiger partial charge in [-0.2, -0.15) is 5.10 Å². The van der Waals surface area contributed by atoms with Crippen LogP contribution in [0.4, 0.5) is 0 Å². The van der Waals surface area contributed by atoms with Gasteiger partial charge in [-0.25, -0.2) is 0 Å². The van der Waals surface area contributed by atoms with E-state index < -0.39 is 0 Å². The van der Waals surface area contributed by atoms with Gasteiger partial charge in [-0.15, -0.1) is 0 Å². The Labute approximate surface area is 105 Å². The van der Waals surface area contributed by atoms with Crippen LogP contribution in [0.5, 0.6) is 0 Å². The van der Waals surface area contributed by atoms with Gasteiger partial charge in [0.25, 0.3) is 0 Å². The molecule has 0 saturated heterocycles. The van der Waals surface area contributed by atoms with Crippen LogP contribution in [0.3, 0.4) is 0 Å². The highest BCUT2D eigenvalue weighted by Gasteiger charge is 2.13. The molecule has 2 aromatic rings. The van der Waals surface area contributed by atoms with Gasteiger partial charge in [-0.05, 0) is 23.1 Å². The molecule has 0 saturated carbocycles. The van der Waals surface area contributed by atoms with Crippen molar-refractivity contribution < 1.29 is 0 Å². The first-order valence-electron chi connectivity index (χ1n) is 6.51. The Morgan fingerprint density at radius 3 is 2.12 bits per heavy atom. The summed E-state index contributed by atoms with van der Waals surface area (Å²) in [7, 11) is 0. The van der Waals surface area contributed by atoms with Crippen molar-refractivity contribution >= 4 is 10.9 Å². The molecule has 0 aliphatic carbocycles. The summed E-state index contributed by atoms with van der Waals surface area (Å²) in [5, 5.41) is 8.14. The number of hydrogen-bond donors (Lipinski definition) is 1. The number of hydrogen-bond acceptors (Lipinski definition) is 1. The third-order valence-electron chi connectivity index (χ3n) is 2.31. The van der Waals surface area contributed by atoms with Gasteiger partial charge in [-0.3, -0.25) is 5.10 Å². The predicted octanol–water partition coefficient (Wildman–Crippen LogP) is 4.91. The number of nitrogens with zero attached hydrogens (tertiary/aromatic N) is 1. The Morgan fingerprint density at radius 2 is 1.59 bits per heavy atom. The highest BCUT2D eigenvalue weighted by molar-refractivity contribution is 5.78. The summed E-state index contributed by atoms with van der Waals surface area (Å²) in [6.07, 6.45) is 1.87. The largest absolute Gasteiger partial charge is 0.278 e. The summed E-state index contributed by atoms with van der Waals surface area (Å²) in [5.74, 6) is 0. The number of aromatic amines is 1. The second kappa shape index (κ2) is 7.10. The van der Waals surface area contributed by atoms with Crippen LogP contribution in [0.25, 0.3) is 10.9 Å². The van der Waals surface area contributed by atoms with E-state index >= 15 is 0 Å². The Balaban J connectivity index is 0.000000581. The van der Waals surface area contributed by atoms with Crippen molar-refractivity contribution in [2.45, 2.75) is 53.9 Å². The predicted molar refractivity (Wildman–Crippen MR) is 77.5 cm³/mol. The first kappa shape index (κ1) is 15.7. The molecule has 2 heteroatoms. The van der Waals surface area contributed by atoms with Crippen molar-refractivity contribution in [3.63, 3.8) is 0 Å². The fraction of sp³-hybridized carbons (Fsp3) is 0.533. The molecule has 1 N–H and O–H groups in total. The van der Waals surface area contributed by atoms with E-state index in [1.807, 2.05) is 33.9 Å². The molecular formula is C15H26N2. The lowest BCUT2D eigenvalue weighted by atomic mass is 9.86. The van der Waals surface area contributed by atoms with E-state index in [4.69, 9.17) is 0 Å². The standard InChI is InChI=1S/C11H14N2.2C2H6/c1-11(2,3)9-4-5-10-8(6-9)7-12-13-10;2*1-2/h4-7H,1-3H3,(H,12,13);2*1-2H3. The summed E-state index contributed by atoms with van der Waals surface area (Å²) in [4.78, 5) is 0. The Morgan fingerprint density at radius 1 is 1.00 bits per heavy atom. The van der Waals surface area contributed by atoms with Crippen molar-refractivity contribution in [1.29, 1.82) is 0 Å². The van der Waals surface area contributed by atoms with Crippen molar-refractivity contribution in [1.82, 2.24) is 10.2 Å². The fourth-order valence-corrected chi connectivity index (χ4v) is 1.41. The second-order valence-electron chi connectivity index (χ2n) is 4.42. The quantitative estimate of drug-likeness (QED) is 0.689. The zero-order valence-electron chi connectivity index (χ0n) is 12.3. The summed E-state index contributed by atoms with van der Waals surface area (Å²) < 4.78 is 0. The van der Waals surface area contributed by atoms with Crippen LogP contribution in [0.2, 0.25) is 0 Å². The number of benzene rings is 1. The lowest BCUT2D eigenvalue weighted by Crippen LogP contribution is -2.10. The normalized spacial score (nSPS) is 10.1. The van der Waals surface area contributed by atoms with E-state index in [2.05, 4.69) is 49.2 Å². The molecule has 1 aromatic carbocycles. The Bertz CT molecular complexity index is 422. The molecule has 96 valence electrons. The van der Waals surface area contributed by atoms with Gasteiger partial charge >= 0.3 is 0 Å². The molecule has 0 radical (unpaired) electrons. The molecular weight excluding hydrogens is 208 g/mol. The van der Waals surface area contributed by atoms with Crippen molar-refractivity contribution in [2.75, 3.05) is 0 Å². The smallest absolute Gasteiger partial charge is 0.0650 e. The van der Waals surface area contributed by atoms with E-state index in [0.29, 0.717) is 0 Å². The van der Waals surface area contributed by atoms with Gasteiger partial charge in [0.1, 0.15) is 0 Å². The van der Waals surface area contributed by atoms with Gasteiger partial charge in [-0.1, -0.05) is 54.5 Å². The lowest BCUT2D eigenvalue weighted by molar-refractivity contribution is 0.591. The number of nitrogens with one attached hydrogen (secondary N) is 1. The zero-order valence-corrected chi connectivity index (χ0v) is 12.3. The van der Waals surface area contributed by atoms with Gasteiger partial charge in [0.05, 0.1) is 11.7 Å². The minimum Gasteiger partial charge on any atom is -0.278 e. The van der Waals surface area contributed by atoms with E-state index in [9.17, 15) is 0 Å². The minimum absolute atomic E-state index is 0.214. The SMILES string of the molecule is CC.CC.CC(C)(C)c1ccc2[nH]ncc2c1. The number of aromatic nitrogens is 2. The van der Waals surface area contributed by atoms with Gasteiger partial charge in [0, 0.05) is 5.39 Å². The molecule has 2 nitrogen and oxygen atoms in total. The number of fused-ring (bicyclic) bond motifs is 1. The first-order chi connectivity index (χ1) is 8.07. The van der Waals surface area contributed by atoms with Gasteiger partial charge < -0.3 is 0 Å². The molecule has 1 heterocycles. The van der Waals surface area contributed by atoms with Gasteiger partial charge in [0.2, 0.25) is 0 Å². The third kappa shape index (κ3) is 4.22. The van der Waals surface area contributed by atoms with Crippen molar-refractivity contribution in [3.8, 4) is 0 Å². The fourth-order valence-electron chi connectivity index (χ4n) is 1.41. The molecule has 0 atom stereocenters. The number of H-pyrrole nitrogens is 1. The lowest BCUT2D eigenvalue weighted by Gasteiger charge is -2.18. The van der Waals surface area contributed by atoms with Gasteiger partial charge in [0.15, 0.2) is 0 Å². The maximum Gasteiger partial charge on any atom is 0.0650 e. The Kier molecular flexibility index (Phi) is 6.55. The van der Waals surface area contributed by atoms with Crippen LogP contribution in [0, 0.1) is 0 Å². The molecule has 17 heavy (non-hydrogen) atoms. The van der Waals surface area contributed by atoms with Crippen LogP contribution in [-0.4, -0.2) is 10.2 Å². The highest BCUT2D eigenvalue weighted by Crippen LogP contribution is 2.24. The van der Waals surface area contributed by atoms with E-state index in [1.54, 1.807) is 0 Å². The average Bonchev–Trinajstić information content (AvgIpc) is 2.80. The molecule has 0 fully saturated rings.